The number of hydrogen-bond donors (Lipinski definition) is 0. The van der Waals surface area contributed by atoms with Crippen LogP contribution in [0.3, 0.4) is 0 Å². The second-order valence-electron chi connectivity index (χ2n) is 7.59. The minimum absolute atomic E-state index is 0.00386. The molecule has 0 atom stereocenters. The maximum Gasteiger partial charge on any atom is 0.274 e. The first-order chi connectivity index (χ1) is 15.0. The molecule has 1 aliphatic rings. The summed E-state index contributed by atoms with van der Waals surface area (Å²) in [6, 6.07) is 11.7. The Morgan fingerprint density at radius 2 is 1.94 bits per heavy atom. The van der Waals surface area contributed by atoms with E-state index in [1.54, 1.807) is 24.4 Å². The minimum Gasteiger partial charge on any atom is -0.350 e. The fourth-order valence-corrected chi connectivity index (χ4v) is 4.06. The van der Waals surface area contributed by atoms with E-state index in [1.807, 2.05) is 19.1 Å². The van der Waals surface area contributed by atoms with Crippen molar-refractivity contribution in [1.29, 1.82) is 0 Å². The van der Waals surface area contributed by atoms with Crippen LogP contribution in [-0.4, -0.2) is 26.1 Å². The van der Waals surface area contributed by atoms with Crippen molar-refractivity contribution in [2.24, 2.45) is 0 Å². The summed E-state index contributed by atoms with van der Waals surface area (Å²) in [5.41, 5.74) is 4.24. The van der Waals surface area contributed by atoms with Crippen molar-refractivity contribution >= 4 is 11.5 Å². The van der Waals surface area contributed by atoms with Gasteiger partial charge in [0.25, 0.3) is 12.0 Å². The van der Waals surface area contributed by atoms with Gasteiger partial charge in [0, 0.05) is 54.8 Å². The molecular weight excluding hydrogens is 400 g/mol. The van der Waals surface area contributed by atoms with Crippen LogP contribution in [0.25, 0.3) is 16.8 Å². The monoisotopic (exact) mass is 419 g/mol. The summed E-state index contributed by atoms with van der Waals surface area (Å²) in [6.45, 7) is 3.16. The van der Waals surface area contributed by atoms with Gasteiger partial charge in [-0.15, -0.1) is 5.10 Å². The number of aryl methyl sites for hydroxylation is 1. The molecule has 0 amide bonds. The Kier molecular flexibility index (Phi) is 4.69. The number of benzene rings is 1. The van der Waals surface area contributed by atoms with E-state index in [1.165, 1.54) is 22.8 Å². The predicted molar refractivity (Wildman–Crippen MR) is 113 cm³/mol. The van der Waals surface area contributed by atoms with Gasteiger partial charge in [-0.1, -0.05) is 24.3 Å². The molecule has 0 fully saturated rings. The number of anilines is 1. The zero-order valence-corrected chi connectivity index (χ0v) is 16.8. The highest BCUT2D eigenvalue weighted by Crippen LogP contribution is 2.33. The lowest BCUT2D eigenvalue weighted by atomic mass is 9.97. The van der Waals surface area contributed by atoms with Crippen molar-refractivity contribution in [2.75, 3.05) is 11.4 Å². The Hall–Kier alpha value is -3.68. The van der Waals surface area contributed by atoms with Crippen molar-refractivity contribution < 1.29 is 8.78 Å². The summed E-state index contributed by atoms with van der Waals surface area (Å²) >= 11 is 0. The summed E-state index contributed by atoms with van der Waals surface area (Å²) < 4.78 is 28.2. The average molecular weight is 419 g/mol. The molecule has 31 heavy (non-hydrogen) atoms. The quantitative estimate of drug-likeness (QED) is 0.503. The molecule has 1 aromatic carbocycles. The first kappa shape index (κ1) is 19.3. The number of halogens is 2. The Morgan fingerprint density at radius 1 is 1.10 bits per heavy atom. The maximum atomic E-state index is 13.5. The zero-order valence-electron chi connectivity index (χ0n) is 16.8. The molecule has 0 unspecified atom stereocenters. The first-order valence-electron chi connectivity index (χ1n) is 9.97. The predicted octanol–water partition coefficient (Wildman–Crippen LogP) is 3.96. The van der Waals surface area contributed by atoms with Crippen LogP contribution in [0.4, 0.5) is 14.6 Å². The van der Waals surface area contributed by atoms with Crippen molar-refractivity contribution in [2.45, 2.75) is 26.3 Å². The van der Waals surface area contributed by atoms with E-state index < -0.39 is 6.43 Å². The lowest BCUT2D eigenvalue weighted by molar-refractivity contribution is 0.152. The van der Waals surface area contributed by atoms with Crippen LogP contribution < -0.4 is 10.5 Å². The van der Waals surface area contributed by atoms with Gasteiger partial charge in [-0.25, -0.2) is 13.8 Å². The number of hydrogen-bond acceptors (Lipinski definition) is 5. The summed E-state index contributed by atoms with van der Waals surface area (Å²) in [6.07, 6.45) is 1.29. The molecule has 0 spiro atoms. The van der Waals surface area contributed by atoms with Crippen molar-refractivity contribution in [3.63, 3.8) is 0 Å². The van der Waals surface area contributed by atoms with E-state index in [9.17, 15) is 13.6 Å². The molecule has 1 aliphatic heterocycles. The van der Waals surface area contributed by atoms with Gasteiger partial charge in [-0.05, 0) is 35.7 Å². The number of fused-ring (bicyclic) bond motifs is 2. The molecule has 0 saturated carbocycles. The molecule has 6 nitrogen and oxygen atoms in total. The smallest absolute Gasteiger partial charge is 0.274 e. The largest absolute Gasteiger partial charge is 0.350 e. The summed E-state index contributed by atoms with van der Waals surface area (Å²) in [5, 5.41) is 4.54. The van der Waals surface area contributed by atoms with Crippen LogP contribution in [0, 0.1) is 6.92 Å². The Bertz CT molecular complexity index is 1350. The first-order valence-corrected chi connectivity index (χ1v) is 9.97. The Morgan fingerprint density at radius 3 is 2.77 bits per heavy atom. The van der Waals surface area contributed by atoms with Crippen LogP contribution in [0.1, 0.15) is 28.8 Å². The second-order valence-corrected chi connectivity index (χ2v) is 7.59. The SMILES string of the molecule is Cc1cc2nccc(=O)n2nc1N1CCc2ncc(-c3ccccc3C(F)F)cc2C1. The topological polar surface area (TPSA) is 63.4 Å². The van der Waals surface area contributed by atoms with Gasteiger partial charge < -0.3 is 4.90 Å². The van der Waals surface area contributed by atoms with Gasteiger partial charge in [0.1, 0.15) is 0 Å². The fraction of sp³-hybridized carbons (Fsp3) is 0.217. The summed E-state index contributed by atoms with van der Waals surface area (Å²) in [5.74, 6) is 0.701. The van der Waals surface area contributed by atoms with E-state index in [0.29, 0.717) is 42.1 Å². The molecule has 0 N–H and O–H groups in total. The highest BCUT2D eigenvalue weighted by atomic mass is 19.3. The minimum atomic E-state index is -2.56. The second kappa shape index (κ2) is 7.54. The van der Waals surface area contributed by atoms with Crippen LogP contribution in [-0.2, 0) is 13.0 Å². The molecule has 0 bridgehead atoms. The number of alkyl halides is 2. The standard InChI is InChI=1S/C23H19F2N5O/c1-14-10-20-26-8-6-21(31)30(20)28-23(14)29-9-7-19-16(13-29)11-15(12-27-19)17-4-2-3-5-18(17)22(24)25/h2-6,8,10-12,22H,7,9,13H2,1H3. The third-order valence-corrected chi connectivity index (χ3v) is 5.59. The highest BCUT2D eigenvalue weighted by molar-refractivity contribution is 5.68. The zero-order chi connectivity index (χ0) is 21.5. The van der Waals surface area contributed by atoms with Crippen LogP contribution in [0.2, 0.25) is 0 Å². The highest BCUT2D eigenvalue weighted by Gasteiger charge is 2.22. The van der Waals surface area contributed by atoms with Crippen LogP contribution in [0.5, 0.6) is 0 Å². The van der Waals surface area contributed by atoms with Crippen molar-refractivity contribution in [3.05, 3.63) is 87.6 Å². The Labute approximate surface area is 176 Å². The van der Waals surface area contributed by atoms with Crippen molar-refractivity contribution in [3.8, 4) is 11.1 Å². The average Bonchev–Trinajstić information content (AvgIpc) is 2.78. The van der Waals surface area contributed by atoms with Crippen molar-refractivity contribution in [1.82, 2.24) is 19.6 Å². The maximum absolute atomic E-state index is 13.5. The number of rotatable bonds is 3. The van der Waals surface area contributed by atoms with Gasteiger partial charge in [0.2, 0.25) is 0 Å². The van der Waals surface area contributed by atoms with Gasteiger partial charge in [-0.3, -0.25) is 9.78 Å². The van der Waals surface area contributed by atoms with E-state index in [2.05, 4.69) is 20.0 Å². The molecule has 4 heterocycles. The Balaban J connectivity index is 1.54. The molecule has 8 heteroatoms. The molecule has 4 aromatic rings. The lowest BCUT2D eigenvalue weighted by Crippen LogP contribution is -2.33. The molecule has 0 saturated heterocycles. The van der Waals surface area contributed by atoms with E-state index >= 15 is 0 Å². The normalized spacial score (nSPS) is 13.6. The molecular formula is C23H19F2N5O. The lowest BCUT2D eigenvalue weighted by Gasteiger charge is -2.30. The van der Waals surface area contributed by atoms with Crippen LogP contribution >= 0.6 is 0 Å². The molecule has 0 aliphatic carbocycles. The van der Waals surface area contributed by atoms with Gasteiger partial charge in [0.05, 0.1) is 0 Å². The molecule has 5 rings (SSSR count). The van der Waals surface area contributed by atoms with Gasteiger partial charge in [0.15, 0.2) is 11.5 Å². The third-order valence-electron chi connectivity index (χ3n) is 5.59. The van der Waals surface area contributed by atoms with E-state index in [4.69, 9.17) is 0 Å². The number of nitrogens with zero attached hydrogens (tertiary/aromatic N) is 5. The van der Waals surface area contributed by atoms with E-state index in [0.717, 1.165) is 16.8 Å². The molecule has 3 aromatic heterocycles. The number of aromatic nitrogens is 4. The van der Waals surface area contributed by atoms with Crippen LogP contribution in [0.15, 0.2) is 59.7 Å². The fourth-order valence-electron chi connectivity index (χ4n) is 4.06. The third kappa shape index (κ3) is 3.43. The summed E-state index contributed by atoms with van der Waals surface area (Å²) in [4.78, 5) is 23.0. The van der Waals surface area contributed by atoms with Gasteiger partial charge in [-0.2, -0.15) is 4.52 Å². The van der Waals surface area contributed by atoms with E-state index in [-0.39, 0.29) is 11.1 Å². The molecule has 0 radical (unpaired) electrons. The molecule has 156 valence electrons. The van der Waals surface area contributed by atoms with Gasteiger partial charge >= 0.3 is 0 Å². The number of pyridine rings is 1. The summed E-state index contributed by atoms with van der Waals surface area (Å²) in [7, 11) is 0.